The number of ether oxygens (including phenoxy) is 2. The number of hydrogen-bond acceptors (Lipinski definition) is 5. The Kier molecular flexibility index (Phi) is 5.87. The highest BCUT2D eigenvalue weighted by Gasteiger charge is 2.28. The fourth-order valence-corrected chi connectivity index (χ4v) is 4.54. The van der Waals surface area contributed by atoms with E-state index in [0.29, 0.717) is 23.2 Å². The first-order valence-corrected chi connectivity index (χ1v) is 12.0. The van der Waals surface area contributed by atoms with Gasteiger partial charge in [-0.25, -0.2) is 9.78 Å². The summed E-state index contributed by atoms with van der Waals surface area (Å²) in [6, 6.07) is 10.3. The summed E-state index contributed by atoms with van der Waals surface area (Å²) < 4.78 is 13.5. The zero-order valence-corrected chi connectivity index (χ0v) is 19.8. The first kappa shape index (κ1) is 22.0. The lowest BCUT2D eigenvalue weighted by Gasteiger charge is -2.23. The maximum absolute atomic E-state index is 13.0. The highest BCUT2D eigenvalue weighted by molar-refractivity contribution is 5.99. The topological polar surface area (TPSA) is 65.4 Å². The Morgan fingerprint density at radius 1 is 1.18 bits per heavy atom. The molecule has 1 aliphatic heterocycles. The molecule has 174 valence electrons. The Morgan fingerprint density at radius 3 is 2.70 bits per heavy atom. The Balaban J connectivity index is 1.44. The predicted octanol–water partition coefficient (Wildman–Crippen LogP) is 6.04. The SMILES string of the molecule is CC(C)(C)OC(=O)c1cc(C2CC2)cnc1Nc1cccc2c1ccn2CC1CCOCC1. The molecular formula is C27H33N3O3. The van der Waals surface area contributed by atoms with E-state index in [-0.39, 0.29) is 5.97 Å². The Labute approximate surface area is 195 Å². The van der Waals surface area contributed by atoms with Crippen molar-refractivity contribution < 1.29 is 14.3 Å². The summed E-state index contributed by atoms with van der Waals surface area (Å²) in [6.45, 7) is 8.36. The van der Waals surface area contributed by atoms with Gasteiger partial charge in [0, 0.05) is 43.2 Å². The molecule has 1 saturated carbocycles. The summed E-state index contributed by atoms with van der Waals surface area (Å²) in [7, 11) is 0. The van der Waals surface area contributed by atoms with Crippen LogP contribution < -0.4 is 5.32 Å². The van der Waals surface area contributed by atoms with Crippen LogP contribution in [0.1, 0.15) is 68.3 Å². The van der Waals surface area contributed by atoms with E-state index in [2.05, 4.69) is 39.3 Å². The normalized spacial score (nSPS) is 17.3. The van der Waals surface area contributed by atoms with E-state index in [1.807, 2.05) is 39.1 Å². The Bertz CT molecular complexity index is 1150. The highest BCUT2D eigenvalue weighted by Crippen LogP contribution is 2.41. The van der Waals surface area contributed by atoms with Crippen LogP contribution in [0, 0.1) is 5.92 Å². The quantitative estimate of drug-likeness (QED) is 0.467. The van der Waals surface area contributed by atoms with Gasteiger partial charge in [-0.05, 0) is 88.1 Å². The number of carbonyl (C=O) groups excluding carboxylic acids is 1. The molecule has 1 saturated heterocycles. The molecule has 2 aliphatic rings. The van der Waals surface area contributed by atoms with Crippen LogP contribution in [0.25, 0.3) is 10.9 Å². The van der Waals surface area contributed by atoms with Crippen molar-refractivity contribution in [1.29, 1.82) is 0 Å². The van der Waals surface area contributed by atoms with Gasteiger partial charge in [0.1, 0.15) is 17.0 Å². The lowest BCUT2D eigenvalue weighted by atomic mass is 10.0. The molecule has 2 aromatic heterocycles. The molecule has 0 amide bonds. The largest absolute Gasteiger partial charge is 0.456 e. The van der Waals surface area contributed by atoms with Gasteiger partial charge in [-0.1, -0.05) is 6.07 Å². The summed E-state index contributed by atoms with van der Waals surface area (Å²) in [6.07, 6.45) is 8.57. The lowest BCUT2D eigenvalue weighted by molar-refractivity contribution is 0.00702. The van der Waals surface area contributed by atoms with Crippen LogP contribution in [-0.2, 0) is 16.0 Å². The average molecular weight is 448 g/mol. The summed E-state index contributed by atoms with van der Waals surface area (Å²) in [5.41, 5.74) is 3.16. The predicted molar refractivity (Wildman–Crippen MR) is 130 cm³/mol. The minimum atomic E-state index is -0.564. The van der Waals surface area contributed by atoms with Gasteiger partial charge >= 0.3 is 5.97 Å². The number of pyridine rings is 1. The Hall–Kier alpha value is -2.86. The monoisotopic (exact) mass is 447 g/mol. The minimum Gasteiger partial charge on any atom is -0.456 e. The molecule has 6 nitrogen and oxygen atoms in total. The fourth-order valence-electron chi connectivity index (χ4n) is 4.54. The number of nitrogens with one attached hydrogen (secondary N) is 1. The summed E-state index contributed by atoms with van der Waals surface area (Å²) in [4.78, 5) is 17.7. The van der Waals surface area contributed by atoms with Crippen molar-refractivity contribution in [1.82, 2.24) is 9.55 Å². The molecule has 3 heterocycles. The number of hydrogen-bond donors (Lipinski definition) is 1. The summed E-state index contributed by atoms with van der Waals surface area (Å²) in [5, 5.41) is 4.56. The number of benzene rings is 1. The molecule has 33 heavy (non-hydrogen) atoms. The molecule has 1 N–H and O–H groups in total. The van der Waals surface area contributed by atoms with Crippen LogP contribution >= 0.6 is 0 Å². The van der Waals surface area contributed by atoms with Gasteiger partial charge in [0.15, 0.2) is 0 Å². The molecule has 5 rings (SSSR count). The van der Waals surface area contributed by atoms with Crippen LogP contribution in [-0.4, -0.2) is 34.3 Å². The molecule has 0 bridgehead atoms. The molecular weight excluding hydrogens is 414 g/mol. The Morgan fingerprint density at radius 2 is 1.97 bits per heavy atom. The molecule has 1 aromatic carbocycles. The van der Waals surface area contributed by atoms with Gasteiger partial charge < -0.3 is 19.4 Å². The number of fused-ring (bicyclic) bond motifs is 1. The number of anilines is 2. The van der Waals surface area contributed by atoms with Gasteiger partial charge in [0.05, 0.1) is 5.52 Å². The highest BCUT2D eigenvalue weighted by atomic mass is 16.6. The number of esters is 1. The summed E-state index contributed by atoms with van der Waals surface area (Å²) in [5.74, 6) is 1.35. The second-order valence-corrected chi connectivity index (χ2v) is 10.3. The maximum atomic E-state index is 13.0. The molecule has 6 heteroatoms. The lowest BCUT2D eigenvalue weighted by Crippen LogP contribution is -2.24. The van der Waals surface area contributed by atoms with E-state index in [0.717, 1.165) is 62.1 Å². The molecule has 0 spiro atoms. The van der Waals surface area contributed by atoms with Crippen LogP contribution in [0.3, 0.4) is 0 Å². The van der Waals surface area contributed by atoms with E-state index < -0.39 is 5.60 Å². The van der Waals surface area contributed by atoms with E-state index in [1.165, 1.54) is 5.52 Å². The van der Waals surface area contributed by atoms with Crippen molar-refractivity contribution >= 4 is 28.4 Å². The third-order valence-electron chi connectivity index (χ3n) is 6.44. The molecule has 1 aliphatic carbocycles. The third-order valence-corrected chi connectivity index (χ3v) is 6.44. The van der Waals surface area contributed by atoms with Crippen molar-refractivity contribution in [2.45, 2.75) is 64.5 Å². The van der Waals surface area contributed by atoms with E-state index in [9.17, 15) is 4.79 Å². The van der Waals surface area contributed by atoms with Crippen molar-refractivity contribution in [3.8, 4) is 0 Å². The van der Waals surface area contributed by atoms with Gasteiger partial charge in [-0.2, -0.15) is 0 Å². The van der Waals surface area contributed by atoms with Crippen molar-refractivity contribution in [2.75, 3.05) is 18.5 Å². The minimum absolute atomic E-state index is 0.343. The third kappa shape index (κ3) is 5.06. The number of carbonyl (C=O) groups is 1. The fraction of sp³-hybridized carbons (Fsp3) is 0.481. The standard InChI is InChI=1S/C27H33N3O3/c1-27(2,3)33-26(31)22-15-20(19-7-8-19)16-28-25(22)29-23-5-4-6-24-21(23)9-12-30(24)17-18-10-13-32-14-11-18/h4-6,9,12,15-16,18-19H,7-8,10-11,13-14,17H2,1-3H3,(H,28,29). The zero-order chi connectivity index (χ0) is 23.0. The van der Waals surface area contributed by atoms with Crippen molar-refractivity contribution in [3.63, 3.8) is 0 Å². The van der Waals surface area contributed by atoms with Crippen molar-refractivity contribution in [2.24, 2.45) is 5.92 Å². The first-order valence-electron chi connectivity index (χ1n) is 12.0. The number of nitrogens with zero attached hydrogens (tertiary/aromatic N) is 2. The molecule has 0 radical (unpaired) electrons. The van der Waals surface area contributed by atoms with Crippen LogP contribution in [0.5, 0.6) is 0 Å². The second-order valence-electron chi connectivity index (χ2n) is 10.3. The number of aromatic nitrogens is 2. The second kappa shape index (κ2) is 8.82. The average Bonchev–Trinajstić information content (AvgIpc) is 3.55. The maximum Gasteiger partial charge on any atom is 0.342 e. The smallest absolute Gasteiger partial charge is 0.342 e. The van der Waals surface area contributed by atoms with Gasteiger partial charge in [-0.3, -0.25) is 0 Å². The van der Waals surface area contributed by atoms with E-state index in [1.54, 1.807) is 0 Å². The molecule has 0 atom stereocenters. The molecule has 2 fully saturated rings. The van der Waals surface area contributed by atoms with Crippen LogP contribution in [0.15, 0.2) is 42.7 Å². The van der Waals surface area contributed by atoms with Crippen molar-refractivity contribution in [3.05, 3.63) is 53.9 Å². The molecule has 3 aromatic rings. The summed E-state index contributed by atoms with van der Waals surface area (Å²) >= 11 is 0. The van der Waals surface area contributed by atoms with E-state index in [4.69, 9.17) is 9.47 Å². The van der Waals surface area contributed by atoms with Gasteiger partial charge in [0.2, 0.25) is 0 Å². The first-order chi connectivity index (χ1) is 15.9. The van der Waals surface area contributed by atoms with Gasteiger partial charge in [-0.15, -0.1) is 0 Å². The van der Waals surface area contributed by atoms with Gasteiger partial charge in [0.25, 0.3) is 0 Å². The number of rotatable bonds is 6. The zero-order valence-electron chi connectivity index (χ0n) is 19.8. The van der Waals surface area contributed by atoms with E-state index >= 15 is 0 Å². The van der Waals surface area contributed by atoms with Crippen LogP contribution in [0.2, 0.25) is 0 Å². The molecule has 0 unspecified atom stereocenters. The van der Waals surface area contributed by atoms with Crippen LogP contribution in [0.4, 0.5) is 11.5 Å².